The zero-order chi connectivity index (χ0) is 19.8. The first-order valence-electron chi connectivity index (χ1n) is 8.79. The van der Waals surface area contributed by atoms with Crippen molar-refractivity contribution in [1.82, 2.24) is 24.6 Å². The number of rotatable bonds is 3. The summed E-state index contributed by atoms with van der Waals surface area (Å²) in [5, 5.41) is 11.6. The molecule has 29 heavy (non-hydrogen) atoms. The van der Waals surface area contributed by atoms with E-state index in [0.29, 0.717) is 22.6 Å². The average molecular weight is 445 g/mol. The second kappa shape index (κ2) is 7.06. The fourth-order valence-corrected chi connectivity index (χ4v) is 3.52. The lowest BCUT2D eigenvalue weighted by Crippen LogP contribution is -2.13. The predicted octanol–water partition coefficient (Wildman–Crippen LogP) is 4.35. The minimum Gasteiger partial charge on any atom is -0.321 e. The molecule has 0 unspecified atom stereocenters. The van der Waals surface area contributed by atoms with E-state index in [1.165, 1.54) is 0 Å². The Labute approximate surface area is 173 Å². The number of fused-ring (bicyclic) bond motifs is 2. The summed E-state index contributed by atoms with van der Waals surface area (Å²) >= 11 is 3.48. The van der Waals surface area contributed by atoms with Crippen LogP contribution in [0.25, 0.3) is 27.8 Å². The smallest absolute Gasteiger partial charge is 0.256 e. The molecule has 0 bridgehead atoms. The number of carbonyl (C=O) groups excluding carboxylic acids is 1. The van der Waals surface area contributed by atoms with E-state index in [2.05, 4.69) is 36.4 Å². The Hall–Kier alpha value is -3.65. The SMILES string of the molecule is O=C(Nc1ccc2nncn2c1)c1cc(-c2ccncc2)nc2ccc(Br)cc12. The van der Waals surface area contributed by atoms with E-state index in [1.54, 1.807) is 47.5 Å². The van der Waals surface area contributed by atoms with Crippen molar-refractivity contribution in [3.05, 3.63) is 83.5 Å². The van der Waals surface area contributed by atoms with Crippen LogP contribution in [-0.2, 0) is 0 Å². The van der Waals surface area contributed by atoms with Crippen molar-refractivity contribution >= 4 is 44.1 Å². The first kappa shape index (κ1) is 17.4. The maximum Gasteiger partial charge on any atom is 0.256 e. The summed E-state index contributed by atoms with van der Waals surface area (Å²) in [6, 6.07) is 14.8. The van der Waals surface area contributed by atoms with Crippen molar-refractivity contribution in [2.75, 3.05) is 5.32 Å². The maximum absolute atomic E-state index is 13.2. The topological polar surface area (TPSA) is 85.1 Å². The monoisotopic (exact) mass is 444 g/mol. The Morgan fingerprint density at radius 2 is 1.90 bits per heavy atom. The van der Waals surface area contributed by atoms with Crippen LogP contribution in [0.4, 0.5) is 5.69 Å². The van der Waals surface area contributed by atoms with Gasteiger partial charge >= 0.3 is 0 Å². The number of nitrogens with one attached hydrogen (secondary N) is 1. The first-order chi connectivity index (χ1) is 14.2. The molecule has 1 amide bonds. The zero-order valence-electron chi connectivity index (χ0n) is 15.0. The van der Waals surface area contributed by atoms with Gasteiger partial charge in [-0.15, -0.1) is 10.2 Å². The summed E-state index contributed by atoms with van der Waals surface area (Å²) in [4.78, 5) is 22.0. The van der Waals surface area contributed by atoms with Gasteiger partial charge in [-0.25, -0.2) is 4.98 Å². The summed E-state index contributed by atoms with van der Waals surface area (Å²) < 4.78 is 2.63. The third-order valence-electron chi connectivity index (χ3n) is 4.54. The third-order valence-corrected chi connectivity index (χ3v) is 5.03. The van der Waals surface area contributed by atoms with Crippen molar-refractivity contribution < 1.29 is 4.79 Å². The molecule has 4 aromatic heterocycles. The normalized spacial score (nSPS) is 11.1. The standard InChI is InChI=1S/C21H13BrN6O/c22-14-1-3-18-16(9-14)17(10-19(26-18)13-5-7-23-8-6-13)21(29)25-15-2-4-20-27-24-12-28(20)11-15/h1-12H,(H,25,29). The highest BCUT2D eigenvalue weighted by atomic mass is 79.9. The number of halogens is 1. The van der Waals surface area contributed by atoms with Gasteiger partial charge in [0.15, 0.2) is 5.65 Å². The van der Waals surface area contributed by atoms with Crippen LogP contribution in [0.2, 0.25) is 0 Å². The van der Waals surface area contributed by atoms with E-state index in [0.717, 1.165) is 20.9 Å². The lowest BCUT2D eigenvalue weighted by atomic mass is 10.0. The number of amides is 1. The first-order valence-corrected chi connectivity index (χ1v) is 9.58. The van der Waals surface area contributed by atoms with Crippen molar-refractivity contribution in [2.45, 2.75) is 0 Å². The molecule has 5 aromatic rings. The number of hydrogen-bond acceptors (Lipinski definition) is 5. The number of pyridine rings is 3. The lowest BCUT2D eigenvalue weighted by molar-refractivity contribution is 0.102. The fraction of sp³-hybridized carbons (Fsp3) is 0. The van der Waals surface area contributed by atoms with Gasteiger partial charge in [-0.05, 0) is 48.5 Å². The molecular weight excluding hydrogens is 432 g/mol. The highest BCUT2D eigenvalue weighted by Gasteiger charge is 2.15. The van der Waals surface area contributed by atoms with Crippen molar-refractivity contribution in [3.63, 3.8) is 0 Å². The number of benzene rings is 1. The van der Waals surface area contributed by atoms with E-state index in [1.807, 2.05) is 30.3 Å². The molecule has 140 valence electrons. The summed E-state index contributed by atoms with van der Waals surface area (Å²) in [6.07, 6.45) is 6.77. The van der Waals surface area contributed by atoms with Gasteiger partial charge in [0.2, 0.25) is 0 Å². The van der Waals surface area contributed by atoms with Crippen LogP contribution in [-0.4, -0.2) is 30.5 Å². The van der Waals surface area contributed by atoms with Crippen LogP contribution in [0.3, 0.4) is 0 Å². The third kappa shape index (κ3) is 3.34. The molecule has 0 atom stereocenters. The second-order valence-electron chi connectivity index (χ2n) is 6.42. The summed E-state index contributed by atoms with van der Waals surface area (Å²) in [5.74, 6) is -0.224. The van der Waals surface area contributed by atoms with E-state index >= 15 is 0 Å². The quantitative estimate of drug-likeness (QED) is 0.446. The zero-order valence-corrected chi connectivity index (χ0v) is 16.5. The van der Waals surface area contributed by atoms with E-state index < -0.39 is 0 Å². The molecule has 0 radical (unpaired) electrons. The summed E-state index contributed by atoms with van der Waals surface area (Å²) in [5.41, 5.74) is 4.23. The Morgan fingerprint density at radius 3 is 2.76 bits per heavy atom. The Balaban J connectivity index is 1.61. The second-order valence-corrected chi connectivity index (χ2v) is 7.34. The minimum absolute atomic E-state index is 0.224. The van der Waals surface area contributed by atoms with E-state index in [4.69, 9.17) is 4.98 Å². The number of nitrogens with zero attached hydrogens (tertiary/aromatic N) is 5. The van der Waals surface area contributed by atoms with Gasteiger partial charge in [-0.2, -0.15) is 0 Å². The molecule has 0 saturated heterocycles. The number of hydrogen-bond donors (Lipinski definition) is 1. The van der Waals surface area contributed by atoms with E-state index in [9.17, 15) is 4.79 Å². The molecule has 1 N–H and O–H groups in total. The van der Waals surface area contributed by atoms with Crippen LogP contribution in [0.5, 0.6) is 0 Å². The molecular formula is C21H13BrN6O. The lowest BCUT2D eigenvalue weighted by Gasteiger charge is -2.11. The van der Waals surface area contributed by atoms with Gasteiger partial charge in [0.25, 0.3) is 5.91 Å². The molecule has 5 rings (SSSR count). The van der Waals surface area contributed by atoms with Crippen molar-refractivity contribution in [3.8, 4) is 11.3 Å². The largest absolute Gasteiger partial charge is 0.321 e. The molecule has 0 aliphatic rings. The maximum atomic E-state index is 13.2. The molecule has 7 nitrogen and oxygen atoms in total. The molecule has 0 aliphatic carbocycles. The van der Waals surface area contributed by atoms with Crippen LogP contribution in [0, 0.1) is 0 Å². The molecule has 0 saturated carbocycles. The molecule has 0 fully saturated rings. The predicted molar refractivity (Wildman–Crippen MR) is 114 cm³/mol. The highest BCUT2D eigenvalue weighted by molar-refractivity contribution is 9.10. The number of carbonyl (C=O) groups is 1. The Kier molecular flexibility index (Phi) is 4.25. The van der Waals surface area contributed by atoms with Gasteiger partial charge in [0.1, 0.15) is 6.33 Å². The molecule has 8 heteroatoms. The van der Waals surface area contributed by atoms with Crippen LogP contribution >= 0.6 is 15.9 Å². The Bertz CT molecular complexity index is 1370. The van der Waals surface area contributed by atoms with Crippen LogP contribution in [0.1, 0.15) is 10.4 Å². The summed E-state index contributed by atoms with van der Waals surface area (Å²) in [7, 11) is 0. The van der Waals surface area contributed by atoms with Crippen LogP contribution < -0.4 is 5.32 Å². The molecule has 0 spiro atoms. The van der Waals surface area contributed by atoms with Crippen molar-refractivity contribution in [1.29, 1.82) is 0 Å². The minimum atomic E-state index is -0.224. The summed E-state index contributed by atoms with van der Waals surface area (Å²) in [6.45, 7) is 0. The van der Waals surface area contributed by atoms with Gasteiger partial charge in [-0.1, -0.05) is 15.9 Å². The molecule has 0 aliphatic heterocycles. The highest BCUT2D eigenvalue weighted by Crippen LogP contribution is 2.27. The molecule has 4 heterocycles. The number of aromatic nitrogens is 5. The van der Waals surface area contributed by atoms with Crippen LogP contribution in [0.15, 0.2) is 77.9 Å². The van der Waals surface area contributed by atoms with Gasteiger partial charge < -0.3 is 5.32 Å². The average Bonchev–Trinajstić information content (AvgIpc) is 3.21. The van der Waals surface area contributed by atoms with Gasteiger partial charge in [0, 0.05) is 34.0 Å². The fourth-order valence-electron chi connectivity index (χ4n) is 3.16. The molecule has 1 aromatic carbocycles. The number of anilines is 1. The van der Waals surface area contributed by atoms with Gasteiger partial charge in [0.05, 0.1) is 22.5 Å². The Morgan fingerprint density at radius 1 is 1.03 bits per heavy atom. The van der Waals surface area contributed by atoms with E-state index in [-0.39, 0.29) is 5.91 Å². The van der Waals surface area contributed by atoms with Gasteiger partial charge in [-0.3, -0.25) is 14.2 Å². The van der Waals surface area contributed by atoms with Crippen molar-refractivity contribution in [2.24, 2.45) is 0 Å².